The van der Waals surface area contributed by atoms with E-state index in [2.05, 4.69) is 10.5 Å². The van der Waals surface area contributed by atoms with Crippen LogP contribution in [0.25, 0.3) is 0 Å². The molecule has 0 saturated carbocycles. The first-order chi connectivity index (χ1) is 9.18. The van der Waals surface area contributed by atoms with Gasteiger partial charge in [0, 0.05) is 5.56 Å². The van der Waals surface area contributed by atoms with Crippen molar-refractivity contribution < 1.29 is 9.90 Å². The van der Waals surface area contributed by atoms with E-state index in [9.17, 15) is 9.90 Å². The number of hydrogen-bond acceptors (Lipinski definition) is 3. The van der Waals surface area contributed by atoms with Crippen molar-refractivity contribution in [2.24, 2.45) is 5.10 Å². The highest BCUT2D eigenvalue weighted by atomic mass is 35.5. The molecule has 0 aliphatic carbocycles. The zero-order valence-corrected chi connectivity index (χ0v) is 10.6. The van der Waals surface area contributed by atoms with E-state index >= 15 is 0 Å². The highest BCUT2D eigenvalue weighted by molar-refractivity contribution is 6.33. The summed E-state index contributed by atoms with van der Waals surface area (Å²) in [6, 6.07) is 13.4. The summed E-state index contributed by atoms with van der Waals surface area (Å²) >= 11 is 5.90. The normalized spacial score (nSPS) is 10.6. The molecule has 0 aromatic heterocycles. The van der Waals surface area contributed by atoms with Gasteiger partial charge in [-0.2, -0.15) is 5.10 Å². The van der Waals surface area contributed by atoms with Gasteiger partial charge in [0.15, 0.2) is 0 Å². The highest BCUT2D eigenvalue weighted by Crippen LogP contribution is 2.22. The fourth-order valence-corrected chi connectivity index (χ4v) is 1.68. The maximum absolute atomic E-state index is 11.7. The van der Waals surface area contributed by atoms with E-state index in [4.69, 9.17) is 11.6 Å². The van der Waals surface area contributed by atoms with Gasteiger partial charge >= 0.3 is 0 Å². The number of hydrogen-bond donors (Lipinski definition) is 2. The van der Waals surface area contributed by atoms with Crippen molar-refractivity contribution in [1.82, 2.24) is 5.43 Å². The zero-order valence-electron chi connectivity index (χ0n) is 9.88. The predicted octanol–water partition coefficient (Wildman–Crippen LogP) is 2.81. The van der Waals surface area contributed by atoms with Crippen molar-refractivity contribution >= 4 is 23.7 Å². The molecule has 0 fully saturated rings. The van der Waals surface area contributed by atoms with Crippen LogP contribution in [0.4, 0.5) is 0 Å². The van der Waals surface area contributed by atoms with Crippen LogP contribution >= 0.6 is 11.6 Å². The van der Waals surface area contributed by atoms with Gasteiger partial charge in [-0.3, -0.25) is 4.79 Å². The lowest BCUT2D eigenvalue weighted by Gasteiger charge is -2.01. The number of carbonyl (C=O) groups is 1. The van der Waals surface area contributed by atoms with Crippen molar-refractivity contribution in [3.63, 3.8) is 0 Å². The Balaban J connectivity index is 2.07. The molecule has 0 spiro atoms. The average molecular weight is 275 g/mol. The summed E-state index contributed by atoms with van der Waals surface area (Å²) in [5, 5.41) is 13.7. The Morgan fingerprint density at radius 3 is 2.58 bits per heavy atom. The van der Waals surface area contributed by atoms with Crippen LogP contribution in [-0.2, 0) is 0 Å². The van der Waals surface area contributed by atoms with Crippen LogP contribution in [0.5, 0.6) is 5.75 Å². The Labute approximate surface area is 115 Å². The molecule has 5 heteroatoms. The maximum atomic E-state index is 11.7. The summed E-state index contributed by atoms with van der Waals surface area (Å²) in [6.07, 6.45) is 1.30. The zero-order chi connectivity index (χ0) is 13.7. The Hall–Kier alpha value is -2.33. The third-order valence-corrected chi connectivity index (χ3v) is 2.76. The van der Waals surface area contributed by atoms with E-state index in [1.807, 2.05) is 6.07 Å². The molecule has 0 unspecified atom stereocenters. The summed E-state index contributed by atoms with van der Waals surface area (Å²) in [5.41, 5.74) is 3.22. The topological polar surface area (TPSA) is 61.7 Å². The molecule has 0 radical (unpaired) electrons. The minimum absolute atomic E-state index is 0.00482. The number of phenols is 1. The monoisotopic (exact) mass is 274 g/mol. The van der Waals surface area contributed by atoms with Gasteiger partial charge in [-0.15, -0.1) is 0 Å². The minimum Gasteiger partial charge on any atom is -0.507 e. The number of halogens is 1. The number of nitrogens with zero attached hydrogens (tertiary/aromatic N) is 1. The van der Waals surface area contributed by atoms with E-state index in [1.54, 1.807) is 36.4 Å². The lowest BCUT2D eigenvalue weighted by atomic mass is 10.2. The summed E-state index contributed by atoms with van der Waals surface area (Å²) in [7, 11) is 0. The van der Waals surface area contributed by atoms with Crippen LogP contribution in [0, 0.1) is 0 Å². The van der Waals surface area contributed by atoms with E-state index in [0.717, 1.165) is 0 Å². The van der Waals surface area contributed by atoms with Crippen molar-refractivity contribution in [3.8, 4) is 5.75 Å². The molecule has 0 bridgehead atoms. The van der Waals surface area contributed by atoms with Crippen LogP contribution in [-0.4, -0.2) is 17.2 Å². The van der Waals surface area contributed by atoms with Crippen LogP contribution in [0.1, 0.15) is 15.9 Å². The van der Waals surface area contributed by atoms with E-state index in [1.165, 1.54) is 12.3 Å². The molecule has 19 heavy (non-hydrogen) atoms. The van der Waals surface area contributed by atoms with Gasteiger partial charge in [0.25, 0.3) is 5.91 Å². The fourth-order valence-electron chi connectivity index (χ4n) is 1.46. The third kappa shape index (κ3) is 3.33. The fraction of sp³-hybridized carbons (Fsp3) is 0. The quantitative estimate of drug-likeness (QED) is 0.668. The molecule has 1 amide bonds. The SMILES string of the molecule is O=C(N/N=C/c1c(O)cccc1Cl)c1ccccc1. The molecule has 2 aromatic rings. The number of hydrazone groups is 1. The summed E-state index contributed by atoms with van der Waals surface area (Å²) in [5.74, 6) is -0.325. The first-order valence-corrected chi connectivity index (χ1v) is 5.92. The van der Waals surface area contributed by atoms with E-state index in [-0.39, 0.29) is 11.7 Å². The summed E-state index contributed by atoms with van der Waals surface area (Å²) < 4.78 is 0. The molecule has 0 aliphatic rings. The first-order valence-electron chi connectivity index (χ1n) is 5.54. The molecule has 2 aromatic carbocycles. The lowest BCUT2D eigenvalue weighted by molar-refractivity contribution is 0.0955. The summed E-state index contributed by atoms with van der Waals surface area (Å²) in [6.45, 7) is 0. The number of nitrogens with one attached hydrogen (secondary N) is 1. The first kappa shape index (κ1) is 13.1. The molecule has 0 saturated heterocycles. The number of amides is 1. The third-order valence-electron chi connectivity index (χ3n) is 2.43. The summed E-state index contributed by atoms with van der Waals surface area (Å²) in [4.78, 5) is 11.7. The second-order valence-corrected chi connectivity index (χ2v) is 4.14. The van der Waals surface area contributed by atoms with Crippen LogP contribution < -0.4 is 5.43 Å². The van der Waals surface area contributed by atoms with E-state index < -0.39 is 0 Å². The number of carbonyl (C=O) groups excluding carboxylic acids is 1. The Morgan fingerprint density at radius 1 is 1.16 bits per heavy atom. The lowest BCUT2D eigenvalue weighted by Crippen LogP contribution is -2.17. The van der Waals surface area contributed by atoms with Crippen molar-refractivity contribution in [2.45, 2.75) is 0 Å². The average Bonchev–Trinajstić information content (AvgIpc) is 2.43. The molecule has 2 rings (SSSR count). The van der Waals surface area contributed by atoms with Gasteiger partial charge in [0.2, 0.25) is 0 Å². The van der Waals surface area contributed by atoms with Crippen molar-refractivity contribution in [2.75, 3.05) is 0 Å². The minimum atomic E-state index is -0.330. The molecule has 96 valence electrons. The van der Waals surface area contributed by atoms with Crippen LogP contribution in [0.15, 0.2) is 53.6 Å². The highest BCUT2D eigenvalue weighted by Gasteiger charge is 2.04. The Kier molecular flexibility index (Phi) is 4.15. The van der Waals surface area contributed by atoms with Gasteiger partial charge in [0.1, 0.15) is 5.75 Å². The molecule has 4 nitrogen and oxygen atoms in total. The molecule has 2 N–H and O–H groups in total. The van der Waals surface area contributed by atoms with E-state index in [0.29, 0.717) is 16.1 Å². The van der Waals surface area contributed by atoms with Gasteiger partial charge in [-0.1, -0.05) is 35.9 Å². The van der Waals surface area contributed by atoms with Crippen molar-refractivity contribution in [1.29, 1.82) is 0 Å². The standard InChI is InChI=1S/C14H11ClN2O2/c15-12-7-4-8-13(18)11(12)9-16-17-14(19)10-5-2-1-3-6-10/h1-9,18H,(H,17,19)/b16-9+. The van der Waals surface area contributed by atoms with Gasteiger partial charge in [-0.05, 0) is 24.3 Å². The molecule has 0 heterocycles. The van der Waals surface area contributed by atoms with Gasteiger partial charge in [0.05, 0.1) is 16.8 Å². The number of phenolic OH excluding ortho intramolecular Hbond substituents is 1. The number of rotatable bonds is 3. The molecule has 0 atom stereocenters. The molecule has 0 aliphatic heterocycles. The van der Waals surface area contributed by atoms with Gasteiger partial charge in [-0.25, -0.2) is 5.43 Å². The van der Waals surface area contributed by atoms with Crippen LogP contribution in [0.3, 0.4) is 0 Å². The maximum Gasteiger partial charge on any atom is 0.271 e. The second-order valence-electron chi connectivity index (χ2n) is 3.74. The number of aromatic hydroxyl groups is 1. The Bertz CT molecular complexity index is 592. The smallest absolute Gasteiger partial charge is 0.271 e. The number of benzene rings is 2. The van der Waals surface area contributed by atoms with Gasteiger partial charge < -0.3 is 5.11 Å². The second kappa shape index (κ2) is 6.02. The van der Waals surface area contributed by atoms with Crippen LogP contribution in [0.2, 0.25) is 5.02 Å². The largest absolute Gasteiger partial charge is 0.507 e. The predicted molar refractivity (Wildman–Crippen MR) is 74.6 cm³/mol. The molecular formula is C14H11ClN2O2. The Morgan fingerprint density at radius 2 is 1.89 bits per heavy atom. The molecular weight excluding hydrogens is 264 g/mol. The van der Waals surface area contributed by atoms with Crippen molar-refractivity contribution in [3.05, 3.63) is 64.7 Å².